The van der Waals surface area contributed by atoms with E-state index in [-0.39, 0.29) is 48.7 Å². The lowest BCUT2D eigenvalue weighted by Crippen LogP contribution is -2.85. The SMILES string of the molecule is N#Cc1ccc(N2CC(=O)N(Cc3ccc(C(F)(F)F)cc3)C3(CCCC3)C2=O)c(F)c1.N#Cc1ccc(N2CC(=O)N(Cc3ccc(C(F)(F)F)cc3)[C@]3(CC[NH2+]C3)C2=O)c(F)c1.O=CC(F)(F)F.[2H]CC. The molecule has 0 radical (unpaired) electrons. The van der Waals surface area contributed by atoms with Crippen LogP contribution in [-0.2, 0) is 49.4 Å². The first kappa shape index (κ1) is 53.9. The lowest BCUT2D eigenvalue weighted by atomic mass is 9.89. The zero-order chi connectivity index (χ0) is 54.1. The highest BCUT2D eigenvalue weighted by atomic mass is 19.4. The summed E-state index contributed by atoms with van der Waals surface area (Å²) >= 11 is 0. The third kappa shape index (κ3) is 12.2. The Labute approximate surface area is 406 Å². The van der Waals surface area contributed by atoms with Crippen molar-refractivity contribution in [3.8, 4) is 12.1 Å². The van der Waals surface area contributed by atoms with E-state index in [0.29, 0.717) is 56.7 Å². The van der Waals surface area contributed by atoms with E-state index in [4.69, 9.17) is 16.7 Å². The number of quaternary nitrogens is 1. The van der Waals surface area contributed by atoms with Gasteiger partial charge in [0.2, 0.25) is 18.1 Å². The van der Waals surface area contributed by atoms with Crippen LogP contribution in [-0.4, -0.2) is 83.1 Å². The van der Waals surface area contributed by atoms with Crippen LogP contribution in [0.5, 0.6) is 0 Å². The van der Waals surface area contributed by atoms with E-state index >= 15 is 0 Å². The average molecular weight is 1020 g/mol. The number of benzene rings is 4. The maximum Gasteiger partial charge on any atom is 0.446 e. The molecule has 3 heterocycles. The fourth-order valence-corrected chi connectivity index (χ4v) is 8.88. The van der Waals surface area contributed by atoms with E-state index < -0.39 is 88.8 Å². The van der Waals surface area contributed by atoms with Crippen LogP contribution < -0.4 is 15.1 Å². The quantitative estimate of drug-likeness (QED) is 0.151. The molecule has 4 amide bonds. The summed E-state index contributed by atoms with van der Waals surface area (Å²) < 4.78 is 144. The molecule has 2 N–H and O–H groups in total. The zero-order valence-electron chi connectivity index (χ0n) is 39.1. The van der Waals surface area contributed by atoms with Gasteiger partial charge < -0.3 is 15.1 Å². The lowest BCUT2D eigenvalue weighted by molar-refractivity contribution is -0.638. The molecule has 12 nitrogen and oxygen atoms in total. The smallest absolute Gasteiger partial charge is 0.344 e. The van der Waals surface area contributed by atoms with Crippen LogP contribution in [0.4, 0.5) is 59.7 Å². The molecule has 0 bridgehead atoms. The predicted octanol–water partition coefficient (Wildman–Crippen LogP) is 7.98. The van der Waals surface area contributed by atoms with E-state index in [0.717, 1.165) is 46.2 Å². The van der Waals surface area contributed by atoms with Crippen molar-refractivity contribution in [1.82, 2.24) is 9.80 Å². The summed E-state index contributed by atoms with van der Waals surface area (Å²) in [5.74, 6) is -3.24. The third-order valence-corrected chi connectivity index (χ3v) is 12.3. The summed E-state index contributed by atoms with van der Waals surface area (Å²) in [6.45, 7) is 2.32. The van der Waals surface area contributed by atoms with Crippen LogP contribution in [0.15, 0.2) is 84.9 Å². The number of nitriles is 2. The number of carbonyl (C=O) groups excluding carboxylic acids is 5. The number of alkyl halides is 9. The van der Waals surface area contributed by atoms with Crippen molar-refractivity contribution in [3.05, 3.63) is 130 Å². The van der Waals surface area contributed by atoms with Crippen molar-refractivity contribution in [3.63, 3.8) is 0 Å². The summed E-state index contributed by atoms with van der Waals surface area (Å²) in [4.78, 5) is 67.1. The van der Waals surface area contributed by atoms with Gasteiger partial charge in [0.25, 0.3) is 11.8 Å². The molecule has 3 aliphatic heterocycles. The summed E-state index contributed by atoms with van der Waals surface area (Å²) in [6.07, 6.45) is -12.1. The summed E-state index contributed by atoms with van der Waals surface area (Å²) in [5.41, 5.74) is -3.00. The van der Waals surface area contributed by atoms with Crippen molar-refractivity contribution in [2.45, 2.75) is 88.6 Å². The number of hydrogen-bond donors (Lipinski definition) is 1. The first-order valence-corrected chi connectivity index (χ1v) is 21.9. The van der Waals surface area contributed by atoms with Gasteiger partial charge in [0, 0.05) is 20.9 Å². The van der Waals surface area contributed by atoms with E-state index in [2.05, 4.69) is 0 Å². The first-order chi connectivity index (χ1) is 34.3. The minimum atomic E-state index is -4.64. The molecule has 382 valence electrons. The number of hydrogen-bond acceptors (Lipinski definition) is 7. The average Bonchev–Trinajstić information content (AvgIpc) is 4.04. The zero-order valence-corrected chi connectivity index (χ0v) is 38.1. The first-order valence-electron chi connectivity index (χ1n) is 22.6. The fourth-order valence-electron chi connectivity index (χ4n) is 8.88. The minimum absolute atomic E-state index is 0.00754. The molecule has 8 rings (SSSR count). The lowest BCUT2D eigenvalue weighted by Gasteiger charge is -2.47. The second-order valence-corrected chi connectivity index (χ2v) is 16.6. The molecule has 3 saturated heterocycles. The van der Waals surface area contributed by atoms with Crippen LogP contribution in [0, 0.1) is 34.3 Å². The summed E-state index contributed by atoms with van der Waals surface area (Å²) in [7, 11) is 0. The molecule has 72 heavy (non-hydrogen) atoms. The predicted molar refractivity (Wildman–Crippen MR) is 235 cm³/mol. The second kappa shape index (κ2) is 22.4. The number of carbonyl (C=O) groups is 5. The van der Waals surface area contributed by atoms with Crippen molar-refractivity contribution in [1.29, 1.82) is 10.5 Å². The maximum atomic E-state index is 14.6. The van der Waals surface area contributed by atoms with Gasteiger partial charge in [0.1, 0.15) is 36.8 Å². The Morgan fingerprint density at radius 2 is 1.01 bits per heavy atom. The Morgan fingerprint density at radius 1 is 0.639 bits per heavy atom. The Morgan fingerprint density at radius 3 is 1.33 bits per heavy atom. The highest BCUT2D eigenvalue weighted by molar-refractivity contribution is 6.10. The number of rotatable bonds is 6. The van der Waals surface area contributed by atoms with Crippen LogP contribution in [0.1, 0.15) is 80.7 Å². The maximum absolute atomic E-state index is 14.6. The van der Waals surface area contributed by atoms with Crippen molar-refractivity contribution in [2.75, 3.05) is 36.0 Å². The minimum Gasteiger partial charge on any atom is -0.344 e. The summed E-state index contributed by atoms with van der Waals surface area (Å²) in [5, 5.41) is 19.8. The van der Waals surface area contributed by atoms with Crippen LogP contribution in [0.25, 0.3) is 0 Å². The summed E-state index contributed by atoms with van der Waals surface area (Å²) in [6, 6.07) is 20.0. The molecule has 23 heteroatoms. The van der Waals surface area contributed by atoms with Gasteiger partial charge in [-0.15, -0.1) is 0 Å². The molecule has 2 spiro atoms. The highest BCUT2D eigenvalue weighted by Crippen LogP contribution is 2.42. The Bertz CT molecular complexity index is 2570. The van der Waals surface area contributed by atoms with Crippen molar-refractivity contribution < 1.29 is 79.0 Å². The van der Waals surface area contributed by atoms with Gasteiger partial charge in [-0.1, -0.05) is 50.9 Å². The third-order valence-electron chi connectivity index (χ3n) is 12.3. The van der Waals surface area contributed by atoms with E-state index in [1.807, 2.05) is 17.5 Å². The van der Waals surface area contributed by atoms with Crippen LogP contribution in [0.2, 0.25) is 0 Å². The molecule has 4 aromatic carbocycles. The van der Waals surface area contributed by atoms with Crippen molar-refractivity contribution >= 4 is 41.3 Å². The molecule has 4 aromatic rings. The number of aldehydes is 1. The van der Waals surface area contributed by atoms with Gasteiger partial charge in [-0.2, -0.15) is 50.0 Å². The number of anilines is 2. The van der Waals surface area contributed by atoms with Gasteiger partial charge in [-0.05, 0) is 84.6 Å². The van der Waals surface area contributed by atoms with Crippen molar-refractivity contribution in [2.24, 2.45) is 0 Å². The number of halogens is 11. The number of piperazine rings is 2. The van der Waals surface area contributed by atoms with Gasteiger partial charge >= 0.3 is 18.5 Å². The normalized spacial score (nSPS) is 18.8. The number of nitrogens with zero attached hydrogens (tertiary/aromatic N) is 6. The molecule has 0 aromatic heterocycles. The molecular weight excluding hydrogens is 976 g/mol. The fraction of sp³-hybridized carbons (Fsp3) is 0.367. The van der Waals surface area contributed by atoms with E-state index in [1.165, 1.54) is 58.3 Å². The largest absolute Gasteiger partial charge is 0.446 e. The van der Waals surface area contributed by atoms with E-state index in [9.17, 15) is 67.5 Å². The Kier molecular flexibility index (Phi) is 16.7. The van der Waals surface area contributed by atoms with Crippen LogP contribution >= 0.6 is 0 Å². The standard InChI is InChI=1S/C23H19F4N3O2.C22H18F4N4O2.C2HF3O.C2H6/c24-18-11-16(12-28)5-8-19(18)29-14-20(31)30(22(21(29)32)9-1-2-10-22)13-15-3-6-17(7-4-15)23(25,26)27;23-17-9-15(10-27)3-6-18(17)29-12-19(31)30(21(20(29)32)7-8-28-13-21)11-14-1-4-16(5-2-14)22(24,25)26;3-2(4,5)1-6;1-2/h3-8,11H,1-2,9-10,13-14H2;1-6,9,28H,7-8,11-13H2;1H;1-2H3/p+1/t;21-;;/m.0../s1/i;;;1D. The topological polar surface area (TPSA) is 162 Å². The number of amides is 4. The van der Waals surface area contributed by atoms with Gasteiger partial charge in [-0.3, -0.25) is 33.8 Å². The highest BCUT2D eigenvalue weighted by Gasteiger charge is 2.57. The molecule has 0 unspecified atom stereocenters. The number of nitrogens with two attached hydrogens (primary N) is 1. The molecule has 1 saturated carbocycles. The van der Waals surface area contributed by atoms with E-state index in [1.54, 1.807) is 6.92 Å². The molecular formula is C49H45F11N7O5+. The van der Waals surface area contributed by atoms with Crippen LogP contribution in [0.3, 0.4) is 0 Å². The van der Waals surface area contributed by atoms with Gasteiger partial charge in [0.15, 0.2) is 5.54 Å². The molecule has 4 fully saturated rings. The molecule has 1 aliphatic carbocycles. The molecule has 4 aliphatic rings. The Hall–Kier alpha value is -7.40. The van der Waals surface area contributed by atoms with Gasteiger partial charge in [0.05, 0.1) is 52.3 Å². The second-order valence-electron chi connectivity index (χ2n) is 16.6. The molecule has 1 atom stereocenters. The van der Waals surface area contributed by atoms with Gasteiger partial charge in [-0.25, -0.2) is 8.78 Å². The Balaban J connectivity index is 0.000000232. The monoisotopic (exact) mass is 1020 g/mol.